The van der Waals surface area contributed by atoms with Gasteiger partial charge < -0.3 is 34.3 Å². The molecule has 3 N–H and O–H groups in total. The zero-order chi connectivity index (χ0) is 37.9. The van der Waals surface area contributed by atoms with E-state index in [0.717, 1.165) is 84.2 Å². The predicted molar refractivity (Wildman–Crippen MR) is 210 cm³/mol. The third kappa shape index (κ3) is 4.26. The van der Waals surface area contributed by atoms with Crippen molar-refractivity contribution in [3.63, 3.8) is 0 Å². The number of aliphatic hydroxyl groups excluding tert-OH is 2. The molecule has 284 valence electrons. The summed E-state index contributed by atoms with van der Waals surface area (Å²) in [5.74, 6) is 0.593. The van der Waals surface area contributed by atoms with Gasteiger partial charge in [-0.15, -0.1) is 0 Å². The number of allylic oxidation sites excluding steroid dienone is 1. The van der Waals surface area contributed by atoms with E-state index in [1.165, 1.54) is 16.6 Å². The topological polar surface area (TPSA) is 97.9 Å². The molecule has 1 aromatic carbocycles. The van der Waals surface area contributed by atoms with Crippen LogP contribution in [-0.2, 0) is 16.6 Å². The molecule has 6 aliphatic rings. The number of amides is 2. The number of carbonyl (C=O) groups is 1. The summed E-state index contributed by atoms with van der Waals surface area (Å²) in [6.45, 7) is 26.8. The smallest absolute Gasteiger partial charge is 0.320 e. The molecule has 2 aromatic heterocycles. The van der Waals surface area contributed by atoms with Gasteiger partial charge in [-0.25, -0.2) is 4.79 Å². The second kappa shape index (κ2) is 10.9. The molecule has 0 bridgehead atoms. The van der Waals surface area contributed by atoms with E-state index in [-0.39, 0.29) is 34.4 Å². The number of aromatic nitrogens is 1. The summed E-state index contributed by atoms with van der Waals surface area (Å²) in [5.41, 5.74) is 6.19. The van der Waals surface area contributed by atoms with Gasteiger partial charge in [-0.3, -0.25) is 0 Å². The van der Waals surface area contributed by atoms with E-state index < -0.39 is 28.8 Å². The molecule has 0 spiro atoms. The quantitative estimate of drug-likeness (QED) is 0.231. The molecule has 2 amide bonds. The SMILES string of the molecule is C=C(C)c1c(O)c2c3c(cc4c5c(n1c42)[C@@]1(C)C(CC[C@H]2[C@](C)(C=CCN4CCN(CC)C4=O)[C@@H](O)CC[C@@]21C)C5)C1=CC(C)(C)OC(C)(C)C1[C@@H]3O. The number of hydrogen-bond acceptors (Lipinski definition) is 5. The fourth-order valence-corrected chi connectivity index (χ4v) is 13.5. The molecule has 4 aliphatic carbocycles. The van der Waals surface area contributed by atoms with Crippen molar-refractivity contribution in [1.82, 2.24) is 14.2 Å². The highest BCUT2D eigenvalue weighted by Gasteiger charge is 2.67. The number of hydrogen-bond donors (Lipinski definition) is 3. The number of carbonyl (C=O) groups excluding carboxylic acids is 1. The number of nitrogens with zero attached hydrogens (tertiary/aromatic N) is 3. The van der Waals surface area contributed by atoms with E-state index in [0.29, 0.717) is 18.9 Å². The van der Waals surface area contributed by atoms with E-state index in [4.69, 9.17) is 4.74 Å². The van der Waals surface area contributed by atoms with Crippen molar-refractivity contribution in [2.75, 3.05) is 26.2 Å². The molecule has 8 heteroatoms. The number of urea groups is 1. The number of fused-ring (bicyclic) bond motifs is 11. The van der Waals surface area contributed by atoms with Crippen molar-refractivity contribution in [3.05, 3.63) is 59.0 Å². The second-order valence-corrected chi connectivity index (χ2v) is 19.4. The maximum absolute atomic E-state index is 12.9. The van der Waals surface area contributed by atoms with Gasteiger partial charge in [0.05, 0.1) is 34.6 Å². The number of ether oxygens (including phenoxy) is 1. The number of likely N-dealkylation sites (N-methyl/N-ethyl adjacent to an activating group) is 1. The lowest BCUT2D eigenvalue weighted by atomic mass is 9.40. The fourth-order valence-electron chi connectivity index (χ4n) is 13.5. The molecule has 3 fully saturated rings. The normalized spacial score (nSPS) is 37.0. The Morgan fingerprint density at radius 3 is 2.45 bits per heavy atom. The molecule has 53 heavy (non-hydrogen) atoms. The van der Waals surface area contributed by atoms with Crippen molar-refractivity contribution >= 4 is 33.5 Å². The molecule has 2 unspecified atom stereocenters. The first-order chi connectivity index (χ1) is 24.8. The summed E-state index contributed by atoms with van der Waals surface area (Å²) in [4.78, 5) is 16.7. The molecule has 1 saturated heterocycles. The van der Waals surface area contributed by atoms with Gasteiger partial charge >= 0.3 is 6.03 Å². The van der Waals surface area contributed by atoms with Crippen LogP contribution in [0.15, 0.2) is 30.9 Å². The third-order valence-electron chi connectivity index (χ3n) is 15.8. The highest BCUT2D eigenvalue weighted by molar-refractivity contribution is 6.11. The summed E-state index contributed by atoms with van der Waals surface area (Å²) in [6.07, 6.45) is 9.97. The van der Waals surface area contributed by atoms with E-state index in [1.807, 2.05) is 23.6 Å². The molecular weight excluding hydrogens is 663 g/mol. The lowest BCUT2D eigenvalue weighted by Gasteiger charge is -2.64. The van der Waals surface area contributed by atoms with Crippen LogP contribution in [0.3, 0.4) is 0 Å². The first-order valence-electron chi connectivity index (χ1n) is 20.2. The Hall–Kier alpha value is -3.33. The van der Waals surface area contributed by atoms with Crippen LogP contribution in [0.5, 0.6) is 5.75 Å². The van der Waals surface area contributed by atoms with Gasteiger partial charge in [0.2, 0.25) is 0 Å². The average Bonchev–Trinajstić information content (AvgIpc) is 3.82. The van der Waals surface area contributed by atoms with Crippen molar-refractivity contribution < 1.29 is 24.9 Å². The first-order valence-corrected chi connectivity index (χ1v) is 20.2. The summed E-state index contributed by atoms with van der Waals surface area (Å²) in [6, 6.07) is 2.43. The van der Waals surface area contributed by atoms with Crippen LogP contribution in [0.2, 0.25) is 0 Å². The second-order valence-electron chi connectivity index (χ2n) is 19.4. The van der Waals surface area contributed by atoms with Crippen molar-refractivity contribution in [2.24, 2.45) is 28.6 Å². The molecule has 3 aromatic rings. The van der Waals surface area contributed by atoms with Crippen LogP contribution in [0, 0.1) is 28.6 Å². The molecule has 8 atom stereocenters. The van der Waals surface area contributed by atoms with Crippen LogP contribution < -0.4 is 0 Å². The molecule has 2 saturated carbocycles. The minimum atomic E-state index is -0.820. The molecule has 4 heterocycles. The Morgan fingerprint density at radius 2 is 1.77 bits per heavy atom. The van der Waals surface area contributed by atoms with Gasteiger partial charge in [0.1, 0.15) is 5.75 Å². The number of aromatic hydroxyl groups is 1. The summed E-state index contributed by atoms with van der Waals surface area (Å²) < 4.78 is 8.92. The van der Waals surface area contributed by atoms with E-state index in [2.05, 4.69) is 83.7 Å². The zero-order valence-corrected chi connectivity index (χ0v) is 33.3. The predicted octanol–water partition coefficient (Wildman–Crippen LogP) is 8.22. The number of benzene rings is 1. The van der Waals surface area contributed by atoms with Crippen LogP contribution in [-0.4, -0.2) is 79.0 Å². The summed E-state index contributed by atoms with van der Waals surface area (Å²) >= 11 is 0. The Morgan fingerprint density at radius 1 is 1.06 bits per heavy atom. The number of rotatable bonds is 5. The monoisotopic (exact) mass is 721 g/mol. The van der Waals surface area contributed by atoms with E-state index in [1.54, 1.807) is 0 Å². The minimum absolute atomic E-state index is 0.0970. The standard InChI is InChI=1S/C45H59N3O5/c1-11-46-19-20-47(40(46)52)18-12-16-43(8)30-14-13-25-21-28-27-22-26-29-23-41(4,5)53-42(6,7)34(29)37(50)32(26)33-36(27)48(35(24(2)3)38(33)51)39(28)45(25,10)44(30,9)17-15-31(43)49/h12,16,22-23,25,30-31,34,37,49-51H,2,11,13-15,17-21H2,1,3-10H3/t25?,30-,31-,34?,37+,43-,44-,45+/m0/s1. The van der Waals surface area contributed by atoms with E-state index >= 15 is 0 Å². The van der Waals surface area contributed by atoms with Crippen molar-refractivity contribution in [3.8, 4) is 5.75 Å². The molecule has 9 rings (SSSR count). The van der Waals surface area contributed by atoms with Gasteiger partial charge in [0, 0.05) is 65.0 Å². The van der Waals surface area contributed by atoms with Crippen LogP contribution in [0.4, 0.5) is 4.79 Å². The molecular formula is C45H59N3O5. The van der Waals surface area contributed by atoms with Gasteiger partial charge in [-0.1, -0.05) is 39.5 Å². The fraction of sp³-hybridized carbons (Fsp3) is 0.622. The van der Waals surface area contributed by atoms with Gasteiger partial charge in [-0.05, 0) is 125 Å². The van der Waals surface area contributed by atoms with Gasteiger partial charge in [-0.2, -0.15) is 0 Å². The van der Waals surface area contributed by atoms with E-state index in [9.17, 15) is 20.1 Å². The molecule has 2 aliphatic heterocycles. The largest absolute Gasteiger partial charge is 0.505 e. The van der Waals surface area contributed by atoms with Crippen LogP contribution in [0.1, 0.15) is 122 Å². The lowest BCUT2D eigenvalue weighted by Crippen LogP contribution is -2.62. The van der Waals surface area contributed by atoms with Crippen LogP contribution >= 0.6 is 0 Å². The minimum Gasteiger partial charge on any atom is -0.505 e. The van der Waals surface area contributed by atoms with Crippen LogP contribution in [0.25, 0.3) is 27.4 Å². The average molecular weight is 722 g/mol. The molecule has 0 radical (unpaired) electrons. The first kappa shape index (κ1) is 35.4. The highest BCUT2D eigenvalue weighted by Crippen LogP contribution is 2.71. The Labute approximate surface area is 314 Å². The third-order valence-corrected chi connectivity index (χ3v) is 15.8. The maximum atomic E-state index is 12.9. The Bertz CT molecular complexity index is 2160. The Balaban J connectivity index is 1.21. The highest BCUT2D eigenvalue weighted by atomic mass is 16.5. The summed E-state index contributed by atoms with van der Waals surface area (Å²) in [7, 11) is 0. The van der Waals surface area contributed by atoms with Crippen molar-refractivity contribution in [1.29, 1.82) is 0 Å². The van der Waals surface area contributed by atoms with Gasteiger partial charge in [0.15, 0.2) is 0 Å². The number of aliphatic hydroxyl groups is 2. The Kier molecular flexibility index (Phi) is 7.28. The van der Waals surface area contributed by atoms with Gasteiger partial charge in [0.25, 0.3) is 0 Å². The maximum Gasteiger partial charge on any atom is 0.320 e. The zero-order valence-electron chi connectivity index (χ0n) is 33.3. The lowest BCUT2D eigenvalue weighted by molar-refractivity contribution is -0.144. The van der Waals surface area contributed by atoms with Crippen molar-refractivity contribution in [2.45, 2.75) is 123 Å². The molecule has 8 nitrogen and oxygen atoms in total. The summed E-state index contributed by atoms with van der Waals surface area (Å²) in [5, 5.41) is 38.4.